The van der Waals surface area contributed by atoms with E-state index >= 15 is 0 Å². The van der Waals surface area contributed by atoms with E-state index in [0.717, 1.165) is 30.2 Å². The first-order valence-corrected chi connectivity index (χ1v) is 7.22. The second-order valence-electron chi connectivity index (χ2n) is 6.49. The van der Waals surface area contributed by atoms with Crippen molar-refractivity contribution in [2.24, 2.45) is 5.41 Å². The van der Waals surface area contributed by atoms with Crippen LogP contribution in [0.3, 0.4) is 0 Å². The van der Waals surface area contributed by atoms with E-state index in [-0.39, 0.29) is 43.5 Å². The molecule has 1 aliphatic rings. The molecule has 4 nitrogen and oxygen atoms in total. The van der Waals surface area contributed by atoms with E-state index in [1.54, 1.807) is 21.1 Å². The summed E-state index contributed by atoms with van der Waals surface area (Å²) in [7, 11) is 5.37. The summed E-state index contributed by atoms with van der Waals surface area (Å²) >= 11 is 0. The Bertz CT molecular complexity index is 564. The molecule has 0 saturated carbocycles. The molecule has 0 amide bonds. The summed E-state index contributed by atoms with van der Waals surface area (Å²) in [6.07, 6.45) is 0. The van der Waals surface area contributed by atoms with Gasteiger partial charge in [-0.1, -0.05) is 26.8 Å². The Labute approximate surface area is 158 Å². The van der Waals surface area contributed by atoms with E-state index in [2.05, 4.69) is 31.9 Å². The van der Waals surface area contributed by atoms with Crippen LogP contribution in [-0.4, -0.2) is 45.0 Å². The summed E-state index contributed by atoms with van der Waals surface area (Å²) in [5.41, 5.74) is 1.16. The molecular weight excluding hydrogens is 353 g/mol. The third-order valence-corrected chi connectivity index (χ3v) is 5.21. The Hall–Kier alpha value is -0.446. The summed E-state index contributed by atoms with van der Waals surface area (Å²) in [6, 6.07) is 6.03. The van der Waals surface area contributed by atoms with Crippen LogP contribution < -0.4 is 9.47 Å². The van der Waals surface area contributed by atoms with Gasteiger partial charge in [-0.15, -0.1) is 0 Å². The van der Waals surface area contributed by atoms with Crippen molar-refractivity contribution >= 4 is 5.71 Å². The number of methoxy groups -OCH3 is 2. The molecule has 0 bridgehead atoms. The van der Waals surface area contributed by atoms with Crippen molar-refractivity contribution in [3.8, 4) is 11.5 Å². The molecule has 119 valence electrons. The van der Waals surface area contributed by atoms with Gasteiger partial charge in [0.2, 0.25) is 0 Å². The Balaban J connectivity index is 0.00000242. The number of likely N-dealkylation sites (N-methyl/N-ethyl adjacent to an activating group) is 1. The number of rotatable bonds is 4. The minimum absolute atomic E-state index is 0. The van der Waals surface area contributed by atoms with Gasteiger partial charge in [0.25, 0.3) is 0 Å². The van der Waals surface area contributed by atoms with Crippen LogP contribution in [0.5, 0.6) is 11.5 Å². The van der Waals surface area contributed by atoms with Crippen molar-refractivity contribution in [3.63, 3.8) is 0 Å². The van der Waals surface area contributed by atoms with E-state index in [0.29, 0.717) is 5.71 Å². The van der Waals surface area contributed by atoms with Crippen LogP contribution in [0.1, 0.15) is 26.3 Å². The molecule has 2 unspecified atom stereocenters. The van der Waals surface area contributed by atoms with Gasteiger partial charge >= 0.3 is 0 Å². The first kappa shape index (κ1) is 19.6. The number of likely N-dealkylation sites (tertiary alicyclic amines) is 1. The fraction of sp³-hybridized carbons (Fsp3) is 0.588. The zero-order valence-corrected chi connectivity index (χ0v) is 17.3. The van der Waals surface area contributed by atoms with Crippen molar-refractivity contribution < 1.29 is 42.2 Å². The topological polar surface area (TPSA) is 44.0 Å². The Morgan fingerprint density at radius 2 is 1.73 bits per heavy atom. The summed E-state index contributed by atoms with van der Waals surface area (Å²) in [5, 5.41) is 10.3. The van der Waals surface area contributed by atoms with Crippen molar-refractivity contribution in [2.45, 2.75) is 26.2 Å². The molecule has 2 atom stereocenters. The van der Waals surface area contributed by atoms with Gasteiger partial charge in [0.1, 0.15) is 0 Å². The number of ether oxygens (including phenoxy) is 2. The molecule has 0 spiro atoms. The molecule has 1 radical (unpaired) electrons. The molecule has 0 aliphatic carbocycles. The molecular formula is C17H25N2O2Y-. The Kier molecular flexibility index (Phi) is 6.22. The van der Waals surface area contributed by atoms with Crippen LogP contribution >= 0.6 is 0 Å². The molecule has 22 heavy (non-hydrogen) atoms. The zero-order chi connectivity index (χ0) is 15.8. The zero-order valence-electron chi connectivity index (χ0n) is 14.4. The smallest absolute Gasteiger partial charge is 0.161 e. The van der Waals surface area contributed by atoms with Crippen LogP contribution in [0.15, 0.2) is 18.2 Å². The molecule has 1 heterocycles. The van der Waals surface area contributed by atoms with Gasteiger partial charge in [0.05, 0.1) is 14.2 Å². The predicted molar refractivity (Wildman–Crippen MR) is 86.5 cm³/mol. The molecule has 1 aromatic carbocycles. The number of hydrogen-bond donors (Lipinski definition) is 0. The van der Waals surface area contributed by atoms with E-state index in [1.807, 2.05) is 12.1 Å². The molecule has 1 saturated heterocycles. The van der Waals surface area contributed by atoms with Gasteiger partial charge in [-0.2, -0.15) is 5.71 Å². The largest absolute Gasteiger partial charge is 0.811 e. The van der Waals surface area contributed by atoms with Crippen molar-refractivity contribution in [1.82, 2.24) is 4.90 Å². The van der Waals surface area contributed by atoms with Crippen LogP contribution in [0.2, 0.25) is 0 Å². The van der Waals surface area contributed by atoms with Gasteiger partial charge in [-0.25, -0.2) is 0 Å². The molecule has 0 N–H and O–H groups in total. The van der Waals surface area contributed by atoms with E-state index in [9.17, 15) is 5.41 Å². The first-order chi connectivity index (χ1) is 9.78. The Morgan fingerprint density at radius 1 is 1.14 bits per heavy atom. The average Bonchev–Trinajstić information content (AvgIpc) is 2.69. The van der Waals surface area contributed by atoms with Gasteiger partial charge in [0.15, 0.2) is 11.5 Å². The minimum atomic E-state index is -0.290. The standard InChI is InChI=1S/C17H25N2O2.Y/c1-12(18)16(2)10-19(4)11-17(16,3)13-7-8-14(20-5)15(9-13)21-6;/h7-9H,10-11H2,1-6H3;/q-1;. The van der Waals surface area contributed by atoms with Gasteiger partial charge in [-0.3, -0.25) is 0 Å². The molecule has 1 aliphatic heterocycles. The van der Waals surface area contributed by atoms with Crippen LogP contribution in [0.4, 0.5) is 0 Å². The summed E-state index contributed by atoms with van der Waals surface area (Å²) in [6.45, 7) is 7.86. The summed E-state index contributed by atoms with van der Waals surface area (Å²) in [5.74, 6) is 1.45. The molecule has 1 fully saturated rings. The van der Waals surface area contributed by atoms with Crippen LogP contribution in [0.25, 0.3) is 5.41 Å². The van der Waals surface area contributed by atoms with Gasteiger partial charge in [0, 0.05) is 51.2 Å². The SMILES string of the molecule is COc1ccc(C2(C)CN(C)CC2(C)C(C)=[N-])cc1OC.[Y]. The van der Waals surface area contributed by atoms with Gasteiger partial charge < -0.3 is 19.8 Å². The molecule has 2 rings (SSSR count). The normalized spacial score (nSPS) is 28.1. The molecule has 5 heteroatoms. The maximum atomic E-state index is 10.3. The fourth-order valence-corrected chi connectivity index (χ4v) is 3.59. The van der Waals surface area contributed by atoms with E-state index < -0.39 is 0 Å². The van der Waals surface area contributed by atoms with Crippen molar-refractivity contribution in [1.29, 1.82) is 0 Å². The second kappa shape index (κ2) is 6.98. The van der Waals surface area contributed by atoms with Crippen molar-refractivity contribution in [3.05, 3.63) is 29.2 Å². The van der Waals surface area contributed by atoms with Crippen LogP contribution in [-0.2, 0) is 38.1 Å². The number of nitrogens with zero attached hydrogens (tertiary/aromatic N) is 2. The maximum absolute atomic E-state index is 10.3. The van der Waals surface area contributed by atoms with E-state index in [4.69, 9.17) is 9.47 Å². The van der Waals surface area contributed by atoms with Crippen LogP contribution in [0, 0.1) is 5.41 Å². The molecule has 1 aromatic rings. The predicted octanol–water partition coefficient (Wildman–Crippen LogP) is 2.94. The molecule has 0 aromatic heterocycles. The summed E-state index contributed by atoms with van der Waals surface area (Å²) in [4.78, 5) is 2.26. The average molecular weight is 378 g/mol. The third kappa shape index (κ3) is 2.98. The third-order valence-electron chi connectivity index (χ3n) is 5.21. The number of benzene rings is 1. The monoisotopic (exact) mass is 378 g/mol. The fourth-order valence-electron chi connectivity index (χ4n) is 3.59. The maximum Gasteiger partial charge on any atom is 0.161 e. The first-order valence-electron chi connectivity index (χ1n) is 7.22. The van der Waals surface area contributed by atoms with E-state index in [1.165, 1.54) is 0 Å². The second-order valence-corrected chi connectivity index (χ2v) is 6.49. The Morgan fingerprint density at radius 3 is 2.23 bits per heavy atom. The number of hydrogen-bond acceptors (Lipinski definition) is 3. The van der Waals surface area contributed by atoms with Gasteiger partial charge in [-0.05, 0) is 30.2 Å². The quantitative estimate of drug-likeness (QED) is 0.757. The van der Waals surface area contributed by atoms with Crippen molar-refractivity contribution in [2.75, 3.05) is 34.4 Å². The minimum Gasteiger partial charge on any atom is -0.811 e. The summed E-state index contributed by atoms with van der Waals surface area (Å²) < 4.78 is 10.7.